The van der Waals surface area contributed by atoms with Gasteiger partial charge < -0.3 is 10.6 Å². The van der Waals surface area contributed by atoms with Crippen LogP contribution in [0.25, 0.3) is 0 Å². The maximum Gasteiger partial charge on any atom is 0.471 e. The molecule has 7 heteroatoms. The van der Waals surface area contributed by atoms with Gasteiger partial charge in [-0.1, -0.05) is 6.92 Å². The molecule has 0 spiro atoms. The number of amides is 2. The highest BCUT2D eigenvalue weighted by molar-refractivity contribution is 5.89. The van der Waals surface area contributed by atoms with E-state index in [1.54, 1.807) is 5.32 Å². The number of unbranched alkanes of at least 4 members (excludes halogenated alkanes) is 1. The van der Waals surface area contributed by atoms with Crippen LogP contribution in [0.1, 0.15) is 26.2 Å². The Balaban J connectivity index is 4.21. The number of carbonyl (C=O) groups excluding carboxylic acids is 2. The predicted octanol–water partition coefficient (Wildman–Crippen LogP) is 0.973. The van der Waals surface area contributed by atoms with Crippen molar-refractivity contribution in [2.24, 2.45) is 0 Å². The normalized spacial score (nSPS) is 12.4. The van der Waals surface area contributed by atoms with Crippen molar-refractivity contribution >= 4 is 11.8 Å². The lowest BCUT2D eigenvalue weighted by atomic mass is 10.2. The van der Waals surface area contributed by atoms with Gasteiger partial charge in [0.05, 0.1) is 0 Å². The molecular weight excluding hydrogens is 249 g/mol. The van der Waals surface area contributed by atoms with E-state index in [2.05, 4.69) is 11.2 Å². The van der Waals surface area contributed by atoms with Crippen molar-refractivity contribution in [1.82, 2.24) is 10.6 Å². The molecule has 0 aliphatic carbocycles. The molecule has 4 nitrogen and oxygen atoms in total. The summed E-state index contributed by atoms with van der Waals surface area (Å²) in [4.78, 5) is 22.1. The standard InChI is InChI=1S/C11H15F3N2O2/c1-3-5-6-7-15-9(17)8(4-2)16-10(18)11(12,13)14/h1,8H,4-7H2,2H3,(H,15,17)(H,16,18)/t8-/m0/s1. The molecule has 0 aromatic heterocycles. The lowest BCUT2D eigenvalue weighted by Gasteiger charge is -2.17. The lowest BCUT2D eigenvalue weighted by molar-refractivity contribution is -0.174. The van der Waals surface area contributed by atoms with Gasteiger partial charge >= 0.3 is 12.1 Å². The molecule has 18 heavy (non-hydrogen) atoms. The van der Waals surface area contributed by atoms with E-state index in [1.807, 2.05) is 0 Å². The Bertz CT molecular complexity index is 334. The van der Waals surface area contributed by atoms with Crippen LogP contribution in [0.15, 0.2) is 0 Å². The molecule has 0 aliphatic heterocycles. The van der Waals surface area contributed by atoms with Crippen molar-refractivity contribution in [3.05, 3.63) is 0 Å². The van der Waals surface area contributed by atoms with Crippen LogP contribution in [0.3, 0.4) is 0 Å². The third kappa shape index (κ3) is 6.13. The Kier molecular flexibility index (Phi) is 6.86. The van der Waals surface area contributed by atoms with Crippen LogP contribution in [0, 0.1) is 12.3 Å². The third-order valence-electron chi connectivity index (χ3n) is 2.08. The van der Waals surface area contributed by atoms with E-state index in [0.29, 0.717) is 12.8 Å². The number of hydrogen-bond acceptors (Lipinski definition) is 2. The van der Waals surface area contributed by atoms with Gasteiger partial charge in [0, 0.05) is 13.0 Å². The Labute approximate surface area is 103 Å². The number of rotatable bonds is 6. The SMILES string of the molecule is C#CCCCNC(=O)[C@H](CC)NC(=O)C(F)(F)F. The zero-order valence-electron chi connectivity index (χ0n) is 9.93. The molecule has 0 saturated carbocycles. The largest absolute Gasteiger partial charge is 0.471 e. The number of terminal acetylenes is 1. The Morgan fingerprint density at radius 2 is 2.00 bits per heavy atom. The van der Waals surface area contributed by atoms with Gasteiger partial charge in [0.2, 0.25) is 5.91 Å². The monoisotopic (exact) mass is 264 g/mol. The minimum absolute atomic E-state index is 0.0722. The fourth-order valence-corrected chi connectivity index (χ4v) is 1.12. The van der Waals surface area contributed by atoms with E-state index in [9.17, 15) is 22.8 Å². The zero-order chi connectivity index (χ0) is 14.2. The van der Waals surface area contributed by atoms with Crippen molar-refractivity contribution in [3.63, 3.8) is 0 Å². The first-order valence-electron chi connectivity index (χ1n) is 5.41. The highest BCUT2D eigenvalue weighted by Gasteiger charge is 2.40. The van der Waals surface area contributed by atoms with Crippen molar-refractivity contribution in [3.8, 4) is 12.3 Å². The van der Waals surface area contributed by atoms with E-state index in [1.165, 1.54) is 6.92 Å². The summed E-state index contributed by atoms with van der Waals surface area (Å²) in [6.45, 7) is 1.77. The first-order chi connectivity index (χ1) is 8.32. The van der Waals surface area contributed by atoms with Crippen LogP contribution in [0.2, 0.25) is 0 Å². The topological polar surface area (TPSA) is 58.2 Å². The Morgan fingerprint density at radius 3 is 2.44 bits per heavy atom. The second-order valence-electron chi connectivity index (χ2n) is 3.53. The number of alkyl halides is 3. The number of nitrogens with one attached hydrogen (secondary N) is 2. The first kappa shape index (κ1) is 16.3. The fourth-order valence-electron chi connectivity index (χ4n) is 1.12. The molecule has 0 aromatic rings. The maximum absolute atomic E-state index is 12.0. The second-order valence-corrected chi connectivity index (χ2v) is 3.53. The number of hydrogen-bond donors (Lipinski definition) is 2. The van der Waals surface area contributed by atoms with Gasteiger partial charge in [0.1, 0.15) is 6.04 Å². The summed E-state index contributed by atoms with van der Waals surface area (Å²) in [5.41, 5.74) is 0. The molecule has 2 N–H and O–H groups in total. The summed E-state index contributed by atoms with van der Waals surface area (Å²) in [6.07, 6.45) is 1.08. The molecule has 0 aromatic carbocycles. The van der Waals surface area contributed by atoms with Crippen LogP contribution >= 0.6 is 0 Å². The van der Waals surface area contributed by atoms with Crippen LogP contribution in [-0.4, -0.2) is 30.6 Å². The summed E-state index contributed by atoms with van der Waals surface area (Å²) >= 11 is 0. The molecule has 0 unspecified atom stereocenters. The molecule has 0 bridgehead atoms. The van der Waals surface area contributed by atoms with Crippen molar-refractivity contribution in [1.29, 1.82) is 0 Å². The van der Waals surface area contributed by atoms with Gasteiger partial charge in [-0.15, -0.1) is 12.3 Å². The maximum atomic E-state index is 12.0. The van der Waals surface area contributed by atoms with Crippen LogP contribution < -0.4 is 10.6 Å². The van der Waals surface area contributed by atoms with Gasteiger partial charge in [0.15, 0.2) is 0 Å². The fraction of sp³-hybridized carbons (Fsp3) is 0.636. The molecule has 0 radical (unpaired) electrons. The van der Waals surface area contributed by atoms with Crippen LogP contribution in [0.5, 0.6) is 0 Å². The Hall–Kier alpha value is -1.71. The van der Waals surface area contributed by atoms with Gasteiger partial charge in [-0.05, 0) is 12.8 Å². The molecule has 102 valence electrons. The predicted molar refractivity (Wildman–Crippen MR) is 59.4 cm³/mol. The van der Waals surface area contributed by atoms with Crippen molar-refractivity contribution in [2.75, 3.05) is 6.54 Å². The van der Waals surface area contributed by atoms with E-state index in [-0.39, 0.29) is 13.0 Å². The molecular formula is C11H15F3N2O2. The van der Waals surface area contributed by atoms with Gasteiger partial charge in [-0.3, -0.25) is 9.59 Å². The lowest BCUT2D eigenvalue weighted by Crippen LogP contribution is -2.50. The smallest absolute Gasteiger partial charge is 0.354 e. The average molecular weight is 264 g/mol. The molecule has 0 aliphatic rings. The quantitative estimate of drug-likeness (QED) is 0.555. The minimum atomic E-state index is -4.99. The summed E-state index contributed by atoms with van der Waals surface area (Å²) in [5, 5.41) is 4.04. The van der Waals surface area contributed by atoms with E-state index in [4.69, 9.17) is 6.42 Å². The summed E-state index contributed by atoms with van der Waals surface area (Å²) in [6, 6.07) is -1.19. The average Bonchev–Trinajstić information content (AvgIpc) is 2.29. The molecule has 0 fully saturated rings. The second kappa shape index (κ2) is 7.58. The number of carbonyl (C=O) groups is 2. The Morgan fingerprint density at radius 1 is 1.39 bits per heavy atom. The molecule has 2 amide bonds. The molecule has 0 saturated heterocycles. The summed E-state index contributed by atoms with van der Waals surface area (Å²) in [5.74, 6) is -0.397. The highest BCUT2D eigenvalue weighted by Crippen LogP contribution is 2.14. The minimum Gasteiger partial charge on any atom is -0.354 e. The van der Waals surface area contributed by atoms with E-state index >= 15 is 0 Å². The third-order valence-corrected chi connectivity index (χ3v) is 2.08. The molecule has 1 atom stereocenters. The van der Waals surface area contributed by atoms with Crippen molar-refractivity contribution in [2.45, 2.75) is 38.4 Å². The number of halogens is 3. The molecule has 0 heterocycles. The van der Waals surface area contributed by atoms with Crippen LogP contribution in [-0.2, 0) is 9.59 Å². The van der Waals surface area contributed by atoms with Gasteiger partial charge in [-0.25, -0.2) is 0 Å². The van der Waals surface area contributed by atoms with Gasteiger partial charge in [-0.2, -0.15) is 13.2 Å². The van der Waals surface area contributed by atoms with E-state index in [0.717, 1.165) is 0 Å². The van der Waals surface area contributed by atoms with Crippen molar-refractivity contribution < 1.29 is 22.8 Å². The summed E-state index contributed by atoms with van der Waals surface area (Å²) < 4.78 is 36.0. The van der Waals surface area contributed by atoms with Crippen LogP contribution in [0.4, 0.5) is 13.2 Å². The first-order valence-corrected chi connectivity index (χ1v) is 5.41. The zero-order valence-corrected chi connectivity index (χ0v) is 9.93. The van der Waals surface area contributed by atoms with E-state index < -0.39 is 24.0 Å². The summed E-state index contributed by atoms with van der Waals surface area (Å²) in [7, 11) is 0. The molecule has 0 rings (SSSR count). The highest BCUT2D eigenvalue weighted by atomic mass is 19.4. The van der Waals surface area contributed by atoms with Gasteiger partial charge in [0.25, 0.3) is 0 Å².